The van der Waals surface area contributed by atoms with Crippen molar-refractivity contribution in [3.8, 4) is 5.75 Å². The van der Waals surface area contributed by atoms with Crippen molar-refractivity contribution in [3.05, 3.63) is 59.7 Å². The van der Waals surface area contributed by atoms with E-state index in [0.29, 0.717) is 12.5 Å². The van der Waals surface area contributed by atoms with Crippen molar-refractivity contribution in [1.82, 2.24) is 4.90 Å². The van der Waals surface area contributed by atoms with E-state index in [1.807, 2.05) is 24.3 Å². The average Bonchev–Trinajstić information content (AvgIpc) is 2.67. The first-order valence-corrected chi connectivity index (χ1v) is 10.0. The molecule has 1 heterocycles. The van der Waals surface area contributed by atoms with Gasteiger partial charge in [-0.25, -0.2) is 4.99 Å². The Morgan fingerprint density at radius 1 is 1.07 bits per heavy atom. The maximum absolute atomic E-state index is 6.03. The molecule has 0 amide bonds. The highest BCUT2D eigenvalue weighted by molar-refractivity contribution is 5.93. The van der Waals surface area contributed by atoms with E-state index in [-0.39, 0.29) is 0 Å². The third-order valence-electron chi connectivity index (χ3n) is 5.18. The van der Waals surface area contributed by atoms with E-state index in [1.165, 1.54) is 25.1 Å². The second kappa shape index (κ2) is 9.60. The molecule has 2 unspecified atom stereocenters. The summed E-state index contributed by atoms with van der Waals surface area (Å²) < 4.78 is 5.32. The van der Waals surface area contributed by atoms with Crippen LogP contribution in [0.4, 0.5) is 5.69 Å². The number of aliphatic imine (C=N–C) groups is 1. The lowest BCUT2D eigenvalue weighted by molar-refractivity contribution is 0.134. The summed E-state index contributed by atoms with van der Waals surface area (Å²) in [7, 11) is 1.64. The number of nitrogens with zero attached hydrogens (tertiary/aromatic N) is 2. The zero-order valence-electron chi connectivity index (χ0n) is 17.2. The molecular weight excluding hydrogens is 348 g/mol. The molecule has 1 aliphatic rings. The summed E-state index contributed by atoms with van der Waals surface area (Å²) in [5, 5.41) is 3.10. The van der Waals surface area contributed by atoms with Crippen molar-refractivity contribution in [1.29, 1.82) is 0 Å². The monoisotopic (exact) mass is 380 g/mol. The minimum absolute atomic E-state index is 0.380. The van der Waals surface area contributed by atoms with Gasteiger partial charge in [0.05, 0.1) is 19.3 Å². The normalized spacial score (nSPS) is 20.8. The van der Waals surface area contributed by atoms with Crippen molar-refractivity contribution >= 4 is 11.6 Å². The Kier molecular flexibility index (Phi) is 6.93. The van der Waals surface area contributed by atoms with Gasteiger partial charge in [0.25, 0.3) is 0 Å². The Labute approximate surface area is 168 Å². The predicted octanol–water partition coefficient (Wildman–Crippen LogP) is 4.10. The van der Waals surface area contributed by atoms with Crippen LogP contribution in [0.3, 0.4) is 0 Å². The van der Waals surface area contributed by atoms with E-state index in [1.54, 1.807) is 7.11 Å². The summed E-state index contributed by atoms with van der Waals surface area (Å²) >= 11 is 0. The first-order chi connectivity index (χ1) is 13.5. The molecule has 5 heteroatoms. The third kappa shape index (κ3) is 5.73. The number of guanidine groups is 1. The molecule has 0 aromatic heterocycles. The fourth-order valence-electron chi connectivity index (χ4n) is 4.03. The largest absolute Gasteiger partial charge is 0.495 e. The van der Waals surface area contributed by atoms with Gasteiger partial charge in [-0.3, -0.25) is 4.90 Å². The van der Waals surface area contributed by atoms with Crippen LogP contribution < -0.4 is 15.8 Å². The van der Waals surface area contributed by atoms with Crippen molar-refractivity contribution in [2.45, 2.75) is 33.4 Å². The Bertz CT molecular complexity index is 777. The molecule has 0 bridgehead atoms. The Morgan fingerprint density at radius 3 is 2.39 bits per heavy atom. The zero-order chi connectivity index (χ0) is 19.9. The van der Waals surface area contributed by atoms with Crippen LogP contribution in [0.25, 0.3) is 0 Å². The lowest BCUT2D eigenvalue weighted by atomic mass is 9.91. The smallest absolute Gasteiger partial charge is 0.193 e. The lowest BCUT2D eigenvalue weighted by Crippen LogP contribution is -2.38. The summed E-state index contributed by atoms with van der Waals surface area (Å²) in [5.41, 5.74) is 9.35. The van der Waals surface area contributed by atoms with Crippen LogP contribution in [0.5, 0.6) is 5.75 Å². The van der Waals surface area contributed by atoms with Gasteiger partial charge in [0.2, 0.25) is 0 Å². The number of likely N-dealkylation sites (tertiary alicyclic amines) is 1. The van der Waals surface area contributed by atoms with Crippen LogP contribution in [-0.4, -0.2) is 31.1 Å². The van der Waals surface area contributed by atoms with Gasteiger partial charge in [0, 0.05) is 19.6 Å². The molecule has 2 atom stereocenters. The van der Waals surface area contributed by atoms with E-state index >= 15 is 0 Å². The molecule has 2 aromatic rings. The number of piperidine rings is 1. The van der Waals surface area contributed by atoms with E-state index in [9.17, 15) is 0 Å². The first kappa shape index (κ1) is 20.2. The van der Waals surface area contributed by atoms with Crippen molar-refractivity contribution in [2.75, 3.05) is 25.5 Å². The van der Waals surface area contributed by atoms with Crippen molar-refractivity contribution in [2.24, 2.45) is 22.6 Å². The topological polar surface area (TPSA) is 62.9 Å². The second-order valence-electron chi connectivity index (χ2n) is 7.98. The predicted molar refractivity (Wildman–Crippen MR) is 117 cm³/mol. The van der Waals surface area contributed by atoms with Gasteiger partial charge in [-0.1, -0.05) is 50.2 Å². The highest BCUT2D eigenvalue weighted by atomic mass is 16.5. The van der Waals surface area contributed by atoms with Crippen LogP contribution >= 0.6 is 0 Å². The standard InChI is InChI=1S/C23H32N4O/c1-17-12-18(2)15-27(14-17)16-20-10-8-19(9-11-20)13-25-23(24)26-21-6-4-5-7-22(21)28-3/h4-11,17-18H,12-16H2,1-3H3,(H3,24,25,26). The maximum Gasteiger partial charge on any atom is 0.193 e. The molecule has 0 saturated carbocycles. The average molecular weight is 381 g/mol. The Morgan fingerprint density at radius 2 is 1.71 bits per heavy atom. The summed E-state index contributed by atoms with van der Waals surface area (Å²) in [5.74, 6) is 2.70. The highest BCUT2D eigenvalue weighted by Crippen LogP contribution is 2.23. The van der Waals surface area contributed by atoms with E-state index in [0.717, 1.165) is 35.4 Å². The van der Waals surface area contributed by atoms with Gasteiger partial charge in [0.1, 0.15) is 5.75 Å². The number of nitrogens with one attached hydrogen (secondary N) is 1. The number of hydrogen-bond acceptors (Lipinski definition) is 3. The van der Waals surface area contributed by atoms with Crippen molar-refractivity contribution in [3.63, 3.8) is 0 Å². The van der Waals surface area contributed by atoms with Gasteiger partial charge < -0.3 is 15.8 Å². The molecule has 3 N–H and O–H groups in total. The van der Waals surface area contributed by atoms with Crippen LogP contribution in [0.2, 0.25) is 0 Å². The van der Waals surface area contributed by atoms with Crippen LogP contribution in [-0.2, 0) is 13.1 Å². The molecular formula is C23H32N4O. The number of para-hydroxylation sites is 2. The first-order valence-electron chi connectivity index (χ1n) is 10.0. The number of ether oxygens (including phenoxy) is 1. The Hall–Kier alpha value is -2.53. The van der Waals surface area contributed by atoms with Crippen LogP contribution in [0.15, 0.2) is 53.5 Å². The molecule has 1 fully saturated rings. The SMILES string of the molecule is COc1ccccc1NC(N)=NCc1ccc(CN2CC(C)CC(C)C2)cc1. The third-order valence-corrected chi connectivity index (χ3v) is 5.18. The summed E-state index contributed by atoms with van der Waals surface area (Å²) in [6.45, 7) is 8.67. The summed E-state index contributed by atoms with van der Waals surface area (Å²) in [6.07, 6.45) is 1.34. The minimum Gasteiger partial charge on any atom is -0.495 e. The molecule has 150 valence electrons. The minimum atomic E-state index is 0.380. The highest BCUT2D eigenvalue weighted by Gasteiger charge is 2.21. The molecule has 1 saturated heterocycles. The lowest BCUT2D eigenvalue weighted by Gasteiger charge is -2.35. The number of hydrogen-bond donors (Lipinski definition) is 2. The molecule has 5 nitrogen and oxygen atoms in total. The fraction of sp³-hybridized carbons (Fsp3) is 0.435. The molecule has 1 aliphatic heterocycles. The molecule has 0 spiro atoms. The number of anilines is 1. The van der Waals surface area contributed by atoms with E-state index in [2.05, 4.69) is 53.3 Å². The van der Waals surface area contributed by atoms with E-state index < -0.39 is 0 Å². The van der Waals surface area contributed by atoms with Crippen LogP contribution in [0, 0.1) is 11.8 Å². The number of benzene rings is 2. The maximum atomic E-state index is 6.03. The van der Waals surface area contributed by atoms with Gasteiger partial charge in [-0.15, -0.1) is 0 Å². The van der Waals surface area contributed by atoms with Gasteiger partial charge >= 0.3 is 0 Å². The van der Waals surface area contributed by atoms with Crippen molar-refractivity contribution < 1.29 is 4.74 Å². The molecule has 2 aromatic carbocycles. The van der Waals surface area contributed by atoms with Gasteiger partial charge in [-0.2, -0.15) is 0 Å². The molecule has 0 aliphatic carbocycles. The van der Waals surface area contributed by atoms with Gasteiger partial charge in [0.15, 0.2) is 5.96 Å². The van der Waals surface area contributed by atoms with E-state index in [4.69, 9.17) is 10.5 Å². The summed E-state index contributed by atoms with van der Waals surface area (Å²) in [4.78, 5) is 7.02. The fourth-order valence-corrected chi connectivity index (χ4v) is 4.03. The number of nitrogens with two attached hydrogens (primary N) is 1. The number of rotatable bonds is 6. The second-order valence-corrected chi connectivity index (χ2v) is 7.98. The summed E-state index contributed by atoms with van der Waals surface area (Å²) in [6, 6.07) is 16.4. The number of methoxy groups -OCH3 is 1. The van der Waals surface area contributed by atoms with Gasteiger partial charge in [-0.05, 0) is 41.5 Å². The van der Waals surface area contributed by atoms with Crippen LogP contribution in [0.1, 0.15) is 31.4 Å². The zero-order valence-corrected chi connectivity index (χ0v) is 17.2. The Balaban J connectivity index is 1.54. The quantitative estimate of drug-likeness (QED) is 0.585. The molecule has 28 heavy (non-hydrogen) atoms. The molecule has 0 radical (unpaired) electrons. The molecule has 3 rings (SSSR count).